The number of para-hydroxylation sites is 1. The molecule has 1 aliphatic rings. The van der Waals surface area contributed by atoms with Crippen molar-refractivity contribution in [2.45, 2.75) is 33.7 Å². The fourth-order valence-corrected chi connectivity index (χ4v) is 3.70. The van der Waals surface area contributed by atoms with Crippen molar-refractivity contribution >= 4 is 22.4 Å². The molecule has 1 aliphatic heterocycles. The van der Waals surface area contributed by atoms with Crippen LogP contribution in [0.1, 0.15) is 32.3 Å². The largest absolute Gasteiger partial charge is 0.367 e. The first-order valence-electron chi connectivity index (χ1n) is 11.0. The smallest absolute Gasteiger partial charge is 0.132 e. The van der Waals surface area contributed by atoms with Gasteiger partial charge >= 0.3 is 0 Å². The minimum absolute atomic E-state index is 0.728. The standard InChI is InChI=1S/C22H28N6.C2H6/c1-4-20-24-18(15-21(25-20)28-13-11-26(2)12-14-28)16-27(3)19-9-5-7-17-8-6-10-23-22(17)19;1-2/h5-10,15H,4,11-14,16H2,1-3H3;1-2H3. The van der Waals surface area contributed by atoms with Gasteiger partial charge in [-0.2, -0.15) is 0 Å². The second-order valence-electron chi connectivity index (χ2n) is 7.49. The maximum Gasteiger partial charge on any atom is 0.132 e. The predicted molar refractivity (Wildman–Crippen MR) is 126 cm³/mol. The molecule has 0 atom stereocenters. The summed E-state index contributed by atoms with van der Waals surface area (Å²) in [5, 5.41) is 1.15. The molecule has 6 nitrogen and oxygen atoms in total. The normalized spacial score (nSPS) is 14.4. The maximum atomic E-state index is 4.80. The van der Waals surface area contributed by atoms with Crippen LogP contribution in [0.3, 0.4) is 0 Å². The summed E-state index contributed by atoms with van der Waals surface area (Å²) in [6.45, 7) is 11.0. The van der Waals surface area contributed by atoms with Gasteiger partial charge in [0.15, 0.2) is 0 Å². The molecule has 0 amide bonds. The molecule has 6 heteroatoms. The Labute approximate surface area is 180 Å². The van der Waals surface area contributed by atoms with E-state index >= 15 is 0 Å². The van der Waals surface area contributed by atoms with Crippen molar-refractivity contribution in [2.75, 3.05) is 50.1 Å². The molecule has 1 saturated heterocycles. The van der Waals surface area contributed by atoms with Gasteiger partial charge in [0.2, 0.25) is 0 Å². The van der Waals surface area contributed by atoms with E-state index in [1.807, 2.05) is 26.1 Å². The van der Waals surface area contributed by atoms with Crippen molar-refractivity contribution in [2.24, 2.45) is 0 Å². The average molecular weight is 407 g/mol. The van der Waals surface area contributed by atoms with Crippen molar-refractivity contribution in [3.05, 3.63) is 54.1 Å². The van der Waals surface area contributed by atoms with Crippen LogP contribution in [0.5, 0.6) is 0 Å². The van der Waals surface area contributed by atoms with Gasteiger partial charge in [0.1, 0.15) is 11.6 Å². The van der Waals surface area contributed by atoms with E-state index in [1.54, 1.807) is 0 Å². The van der Waals surface area contributed by atoms with Gasteiger partial charge in [0.25, 0.3) is 0 Å². The van der Waals surface area contributed by atoms with E-state index in [2.05, 4.69) is 71.0 Å². The third-order valence-electron chi connectivity index (χ3n) is 5.38. The number of aromatic nitrogens is 3. The molecule has 0 unspecified atom stereocenters. The molecule has 0 bridgehead atoms. The van der Waals surface area contributed by atoms with Crippen LogP contribution in [0.2, 0.25) is 0 Å². The first kappa shape index (κ1) is 22.0. The van der Waals surface area contributed by atoms with Gasteiger partial charge in [-0.15, -0.1) is 0 Å². The summed E-state index contributed by atoms with van der Waals surface area (Å²) in [5.41, 5.74) is 3.20. The molecular formula is C24H34N6. The van der Waals surface area contributed by atoms with Gasteiger partial charge in [-0.05, 0) is 19.2 Å². The second kappa shape index (κ2) is 10.3. The van der Waals surface area contributed by atoms with E-state index < -0.39 is 0 Å². The van der Waals surface area contributed by atoms with Crippen molar-refractivity contribution < 1.29 is 0 Å². The van der Waals surface area contributed by atoms with E-state index in [4.69, 9.17) is 9.97 Å². The second-order valence-corrected chi connectivity index (χ2v) is 7.49. The Bertz CT molecular complexity index is 944. The third-order valence-corrected chi connectivity index (χ3v) is 5.38. The number of rotatable bonds is 5. The van der Waals surface area contributed by atoms with Crippen LogP contribution in [-0.2, 0) is 13.0 Å². The zero-order chi connectivity index (χ0) is 21.5. The molecular weight excluding hydrogens is 372 g/mol. The lowest BCUT2D eigenvalue weighted by Crippen LogP contribution is -2.45. The summed E-state index contributed by atoms with van der Waals surface area (Å²) in [4.78, 5) is 21.1. The first-order chi connectivity index (χ1) is 14.6. The van der Waals surface area contributed by atoms with Crippen molar-refractivity contribution in [3.63, 3.8) is 0 Å². The molecule has 160 valence electrons. The Morgan fingerprint density at radius 3 is 2.47 bits per heavy atom. The number of anilines is 2. The number of piperazine rings is 1. The number of benzene rings is 1. The van der Waals surface area contributed by atoms with Crippen molar-refractivity contribution in [1.29, 1.82) is 0 Å². The lowest BCUT2D eigenvalue weighted by atomic mass is 10.1. The molecule has 0 N–H and O–H groups in total. The van der Waals surface area contributed by atoms with Gasteiger partial charge < -0.3 is 14.7 Å². The number of hydrogen-bond donors (Lipinski definition) is 0. The lowest BCUT2D eigenvalue weighted by Gasteiger charge is -2.33. The van der Waals surface area contributed by atoms with E-state index in [0.717, 1.165) is 73.1 Å². The van der Waals surface area contributed by atoms with Crippen LogP contribution >= 0.6 is 0 Å². The number of fused-ring (bicyclic) bond motifs is 1. The van der Waals surface area contributed by atoms with Gasteiger partial charge in [-0.3, -0.25) is 4.98 Å². The Morgan fingerprint density at radius 2 is 1.73 bits per heavy atom. The fraction of sp³-hybridized carbons (Fsp3) is 0.458. The average Bonchev–Trinajstić information content (AvgIpc) is 2.80. The molecule has 2 aromatic heterocycles. The van der Waals surface area contributed by atoms with Crippen LogP contribution < -0.4 is 9.80 Å². The molecule has 30 heavy (non-hydrogen) atoms. The van der Waals surface area contributed by atoms with Gasteiger partial charge in [0, 0.05) is 57.3 Å². The van der Waals surface area contributed by atoms with Crippen molar-refractivity contribution in [1.82, 2.24) is 19.9 Å². The highest BCUT2D eigenvalue weighted by atomic mass is 15.3. The highest BCUT2D eigenvalue weighted by molar-refractivity contribution is 5.90. The number of hydrogen-bond acceptors (Lipinski definition) is 6. The van der Waals surface area contributed by atoms with Crippen molar-refractivity contribution in [3.8, 4) is 0 Å². The zero-order valence-electron chi connectivity index (χ0n) is 19.0. The van der Waals surface area contributed by atoms with Crippen LogP contribution in [0.15, 0.2) is 42.6 Å². The highest BCUT2D eigenvalue weighted by Gasteiger charge is 2.17. The number of likely N-dealkylation sites (N-methyl/N-ethyl adjacent to an activating group) is 1. The predicted octanol–water partition coefficient (Wildman–Crippen LogP) is 4.00. The molecule has 1 aromatic carbocycles. The Kier molecular flexibility index (Phi) is 7.57. The minimum Gasteiger partial charge on any atom is -0.367 e. The molecule has 0 aliphatic carbocycles. The highest BCUT2D eigenvalue weighted by Crippen LogP contribution is 2.25. The number of nitrogens with zero attached hydrogens (tertiary/aromatic N) is 6. The molecule has 0 spiro atoms. The van der Waals surface area contributed by atoms with E-state index in [-0.39, 0.29) is 0 Å². The number of aryl methyl sites for hydroxylation is 1. The summed E-state index contributed by atoms with van der Waals surface area (Å²) in [6.07, 6.45) is 2.69. The van der Waals surface area contributed by atoms with Crippen LogP contribution in [0, 0.1) is 0 Å². The molecule has 0 radical (unpaired) electrons. The van der Waals surface area contributed by atoms with Gasteiger partial charge in [-0.25, -0.2) is 9.97 Å². The summed E-state index contributed by atoms with van der Waals surface area (Å²) in [7, 11) is 4.28. The monoisotopic (exact) mass is 406 g/mol. The van der Waals surface area contributed by atoms with Crippen LogP contribution in [-0.4, -0.2) is 60.1 Å². The Hall–Kier alpha value is -2.73. The summed E-state index contributed by atoms with van der Waals surface area (Å²) in [5.74, 6) is 1.97. The Balaban J connectivity index is 0.00000124. The molecule has 1 fully saturated rings. The molecule has 4 rings (SSSR count). The van der Waals surface area contributed by atoms with Gasteiger partial charge in [0.05, 0.1) is 23.4 Å². The Morgan fingerprint density at radius 1 is 1.00 bits per heavy atom. The van der Waals surface area contributed by atoms with Gasteiger partial charge in [-0.1, -0.05) is 39.0 Å². The van der Waals surface area contributed by atoms with Crippen LogP contribution in [0.25, 0.3) is 10.9 Å². The molecule has 3 heterocycles. The molecule has 0 saturated carbocycles. The molecule has 3 aromatic rings. The topological polar surface area (TPSA) is 48.4 Å². The summed E-state index contributed by atoms with van der Waals surface area (Å²) in [6, 6.07) is 12.5. The number of pyridine rings is 1. The van der Waals surface area contributed by atoms with Crippen LogP contribution in [0.4, 0.5) is 11.5 Å². The zero-order valence-corrected chi connectivity index (χ0v) is 19.0. The lowest BCUT2D eigenvalue weighted by molar-refractivity contribution is 0.312. The SMILES string of the molecule is CC.CCc1nc(CN(C)c2cccc3cccnc23)cc(N2CCN(C)CC2)n1. The van der Waals surface area contributed by atoms with E-state index in [1.165, 1.54) is 0 Å². The van der Waals surface area contributed by atoms with E-state index in [0.29, 0.717) is 0 Å². The van der Waals surface area contributed by atoms with E-state index in [9.17, 15) is 0 Å². The minimum atomic E-state index is 0.728. The quantitative estimate of drug-likeness (QED) is 0.638. The summed E-state index contributed by atoms with van der Waals surface area (Å²) >= 11 is 0. The fourth-order valence-electron chi connectivity index (χ4n) is 3.70. The third kappa shape index (κ3) is 5.05. The maximum absolute atomic E-state index is 4.80. The summed E-state index contributed by atoms with van der Waals surface area (Å²) < 4.78 is 0. The first-order valence-corrected chi connectivity index (χ1v) is 11.0.